The van der Waals surface area contributed by atoms with Gasteiger partial charge in [0.1, 0.15) is 11.9 Å². The highest BCUT2D eigenvalue weighted by Crippen LogP contribution is 2.42. The Bertz CT molecular complexity index is 1250. The summed E-state index contributed by atoms with van der Waals surface area (Å²) in [4.78, 5) is 43.3. The van der Waals surface area contributed by atoms with Gasteiger partial charge in [0.05, 0.1) is 17.9 Å². The molecule has 6 rings (SSSR count). The van der Waals surface area contributed by atoms with Crippen molar-refractivity contribution >= 4 is 30.2 Å². The third kappa shape index (κ3) is 5.24. The summed E-state index contributed by atoms with van der Waals surface area (Å²) in [7, 11) is 0. The minimum Gasteiger partial charge on any atom is -0.489 e. The summed E-state index contributed by atoms with van der Waals surface area (Å²) < 4.78 is 6.49. The first-order valence-corrected chi connectivity index (χ1v) is 13.9. The number of benzene rings is 2. The Morgan fingerprint density at radius 1 is 1.00 bits per heavy atom. The number of halogens is 1. The highest BCUT2D eigenvalue weighted by molar-refractivity contribution is 5.98. The molecule has 3 aliphatic heterocycles. The standard InChI is InChI=1S/C30H35N3O5.ClH/c34-28-22-8-2-1-6-20(22)17-32(28)18-25-27-19(7-5-11-26(27)38-21-12-14-31-16-21)13-15-33(25)29(35)23-9-3-4-10-24(23)30(36)37;/h1-2,5-8,11,21,23-25,31H,3-4,9-10,12-18H2,(H,36,37);1H/t21?,23-,24+,25-;/m1./s1. The van der Waals surface area contributed by atoms with Gasteiger partial charge in [0.2, 0.25) is 5.91 Å². The van der Waals surface area contributed by atoms with Crippen molar-refractivity contribution in [1.29, 1.82) is 0 Å². The zero-order chi connectivity index (χ0) is 26.2. The molecule has 0 spiro atoms. The topological polar surface area (TPSA) is 99.2 Å². The van der Waals surface area contributed by atoms with Crippen molar-refractivity contribution in [2.45, 2.75) is 57.2 Å². The van der Waals surface area contributed by atoms with Gasteiger partial charge < -0.3 is 25.0 Å². The van der Waals surface area contributed by atoms with Gasteiger partial charge in [-0.1, -0.05) is 43.2 Å². The van der Waals surface area contributed by atoms with Crippen LogP contribution >= 0.6 is 12.4 Å². The molecule has 9 heteroatoms. The maximum atomic E-state index is 14.1. The van der Waals surface area contributed by atoms with Gasteiger partial charge in [-0.05, 0) is 55.5 Å². The second kappa shape index (κ2) is 11.6. The third-order valence-corrected chi connectivity index (χ3v) is 8.77. The van der Waals surface area contributed by atoms with Gasteiger partial charge in [-0.15, -0.1) is 12.4 Å². The van der Waals surface area contributed by atoms with E-state index in [9.17, 15) is 19.5 Å². The third-order valence-electron chi connectivity index (χ3n) is 8.77. The average Bonchev–Trinajstić information content (AvgIpc) is 3.56. The van der Waals surface area contributed by atoms with Crippen molar-refractivity contribution in [3.05, 3.63) is 64.7 Å². The number of nitrogens with one attached hydrogen (secondary N) is 1. The van der Waals surface area contributed by atoms with E-state index in [1.807, 2.05) is 46.2 Å². The zero-order valence-corrected chi connectivity index (χ0v) is 22.8. The lowest BCUT2D eigenvalue weighted by Crippen LogP contribution is -2.50. The fraction of sp³-hybridized carbons (Fsp3) is 0.500. The molecule has 2 aromatic carbocycles. The molecular weight excluding hydrogens is 518 g/mol. The van der Waals surface area contributed by atoms with Crippen molar-refractivity contribution in [2.75, 3.05) is 26.2 Å². The molecule has 2 amide bonds. The summed E-state index contributed by atoms with van der Waals surface area (Å²) in [6.07, 6.45) is 4.46. The summed E-state index contributed by atoms with van der Waals surface area (Å²) in [5, 5.41) is 13.2. The molecule has 0 aromatic heterocycles. The summed E-state index contributed by atoms with van der Waals surface area (Å²) >= 11 is 0. The number of carboxylic acid groups (broad SMARTS) is 1. The molecule has 4 aliphatic rings. The fourth-order valence-electron chi connectivity index (χ4n) is 6.81. The van der Waals surface area contributed by atoms with Crippen LogP contribution in [-0.4, -0.2) is 65.0 Å². The van der Waals surface area contributed by atoms with Crippen LogP contribution < -0.4 is 10.1 Å². The first kappa shape index (κ1) is 27.5. The van der Waals surface area contributed by atoms with E-state index in [0.717, 1.165) is 54.8 Å². The first-order chi connectivity index (χ1) is 18.5. The minimum atomic E-state index is -0.889. The number of nitrogens with zero attached hydrogens (tertiary/aromatic N) is 2. The molecule has 1 unspecified atom stereocenters. The molecule has 1 saturated carbocycles. The van der Waals surface area contributed by atoms with Crippen LogP contribution in [0.1, 0.15) is 65.2 Å². The lowest BCUT2D eigenvalue weighted by atomic mass is 9.77. The summed E-state index contributed by atoms with van der Waals surface area (Å²) in [5.41, 5.74) is 3.79. The first-order valence-electron chi connectivity index (χ1n) is 13.9. The molecule has 2 aromatic rings. The van der Waals surface area contributed by atoms with E-state index in [1.165, 1.54) is 0 Å². The summed E-state index contributed by atoms with van der Waals surface area (Å²) in [6.45, 7) is 3.04. The Labute approximate surface area is 235 Å². The predicted molar refractivity (Wildman–Crippen MR) is 148 cm³/mol. The molecule has 3 heterocycles. The maximum Gasteiger partial charge on any atom is 0.307 e. The number of carbonyl (C=O) groups excluding carboxylic acids is 2. The van der Waals surface area contributed by atoms with Crippen LogP contribution in [0.15, 0.2) is 42.5 Å². The molecule has 39 heavy (non-hydrogen) atoms. The Balaban J connectivity index is 0.00000308. The van der Waals surface area contributed by atoms with Crippen LogP contribution in [-0.2, 0) is 22.6 Å². The van der Waals surface area contributed by atoms with Gasteiger partial charge in [0.25, 0.3) is 5.91 Å². The highest BCUT2D eigenvalue weighted by atomic mass is 35.5. The molecule has 2 fully saturated rings. The van der Waals surface area contributed by atoms with Gasteiger partial charge in [-0.3, -0.25) is 14.4 Å². The van der Waals surface area contributed by atoms with Crippen LogP contribution in [0, 0.1) is 11.8 Å². The van der Waals surface area contributed by atoms with Gasteiger partial charge in [-0.25, -0.2) is 0 Å². The number of hydrogen-bond donors (Lipinski definition) is 2. The lowest BCUT2D eigenvalue weighted by Gasteiger charge is -2.43. The second-order valence-electron chi connectivity index (χ2n) is 11.0. The van der Waals surface area contributed by atoms with Gasteiger partial charge >= 0.3 is 5.97 Å². The minimum absolute atomic E-state index is 0. The smallest absolute Gasteiger partial charge is 0.307 e. The molecule has 0 bridgehead atoms. The molecule has 2 N–H and O–H groups in total. The molecule has 8 nitrogen and oxygen atoms in total. The Morgan fingerprint density at radius 2 is 1.77 bits per heavy atom. The van der Waals surface area contributed by atoms with Crippen LogP contribution in [0.3, 0.4) is 0 Å². The number of hydrogen-bond acceptors (Lipinski definition) is 5. The van der Waals surface area contributed by atoms with Crippen molar-refractivity contribution in [2.24, 2.45) is 11.8 Å². The Morgan fingerprint density at radius 3 is 2.51 bits per heavy atom. The Kier molecular flexibility index (Phi) is 8.14. The van der Waals surface area contributed by atoms with Crippen molar-refractivity contribution in [3.63, 3.8) is 0 Å². The van der Waals surface area contributed by atoms with Crippen molar-refractivity contribution in [1.82, 2.24) is 15.1 Å². The normalized spacial score (nSPS) is 26.0. The zero-order valence-electron chi connectivity index (χ0n) is 22.0. The van der Waals surface area contributed by atoms with Crippen LogP contribution in [0.2, 0.25) is 0 Å². The molecule has 208 valence electrons. The van der Waals surface area contributed by atoms with E-state index in [-0.39, 0.29) is 30.3 Å². The van der Waals surface area contributed by atoms with Gasteiger partial charge in [0.15, 0.2) is 0 Å². The lowest BCUT2D eigenvalue weighted by molar-refractivity contribution is -0.153. The maximum absolute atomic E-state index is 14.1. The van der Waals surface area contributed by atoms with Crippen molar-refractivity contribution < 1.29 is 24.2 Å². The van der Waals surface area contributed by atoms with Crippen molar-refractivity contribution in [3.8, 4) is 5.75 Å². The van der Waals surface area contributed by atoms with E-state index < -0.39 is 23.8 Å². The summed E-state index contributed by atoms with van der Waals surface area (Å²) in [5.74, 6) is -1.45. The average molecular weight is 554 g/mol. The van der Waals surface area contributed by atoms with Gasteiger partial charge in [-0.2, -0.15) is 0 Å². The molecule has 4 atom stereocenters. The SMILES string of the molecule is Cl.O=C(O)[C@H]1CCCC[C@H]1C(=O)N1CCc2cccc(OC3CCNC3)c2[C@H]1CN1Cc2ccccc2C1=O. The van der Waals surface area contributed by atoms with E-state index in [2.05, 4.69) is 11.4 Å². The number of rotatable bonds is 6. The Hall–Kier alpha value is -3.10. The number of amides is 2. The number of ether oxygens (including phenoxy) is 1. The second-order valence-corrected chi connectivity index (χ2v) is 11.0. The number of aliphatic carboxylic acids is 1. The van der Waals surface area contributed by atoms with E-state index in [1.54, 1.807) is 0 Å². The molecule has 1 saturated heterocycles. The fourth-order valence-corrected chi connectivity index (χ4v) is 6.81. The molecule has 0 radical (unpaired) electrons. The highest BCUT2D eigenvalue weighted by Gasteiger charge is 2.43. The van der Waals surface area contributed by atoms with Gasteiger partial charge in [0, 0.05) is 37.3 Å². The van der Waals surface area contributed by atoms with E-state index in [0.29, 0.717) is 44.5 Å². The number of carboxylic acids is 1. The summed E-state index contributed by atoms with van der Waals surface area (Å²) in [6, 6.07) is 13.3. The molecule has 1 aliphatic carbocycles. The predicted octanol–water partition coefficient (Wildman–Crippen LogP) is 3.82. The quantitative estimate of drug-likeness (QED) is 0.564. The monoisotopic (exact) mass is 553 g/mol. The number of carbonyl (C=O) groups is 3. The van der Waals surface area contributed by atoms with Crippen LogP contribution in [0.25, 0.3) is 0 Å². The number of fused-ring (bicyclic) bond motifs is 2. The van der Waals surface area contributed by atoms with E-state index >= 15 is 0 Å². The van der Waals surface area contributed by atoms with Crippen LogP contribution in [0.5, 0.6) is 5.75 Å². The van der Waals surface area contributed by atoms with E-state index in [4.69, 9.17) is 4.74 Å². The molecular formula is C30H36ClN3O5. The largest absolute Gasteiger partial charge is 0.489 e. The van der Waals surface area contributed by atoms with Crippen LogP contribution in [0.4, 0.5) is 0 Å².